The van der Waals surface area contributed by atoms with Crippen molar-refractivity contribution in [3.63, 3.8) is 0 Å². The second-order valence-corrected chi connectivity index (χ2v) is 9.84. The molecule has 0 aliphatic carbocycles. The third kappa shape index (κ3) is 5.43. The lowest BCUT2D eigenvalue weighted by atomic mass is 10.2. The molecule has 1 aliphatic heterocycles. The molecule has 2 aromatic carbocycles. The minimum atomic E-state index is -0.308. The third-order valence-corrected chi connectivity index (χ3v) is 7.15. The molecule has 1 aliphatic rings. The zero-order valence-corrected chi connectivity index (χ0v) is 21.0. The van der Waals surface area contributed by atoms with Crippen LogP contribution >= 0.6 is 22.9 Å². The van der Waals surface area contributed by atoms with Gasteiger partial charge in [-0.25, -0.2) is 14.4 Å². The number of aromatic nitrogens is 2. The van der Waals surface area contributed by atoms with Gasteiger partial charge in [-0.05, 0) is 54.8 Å². The number of benzene rings is 2. The van der Waals surface area contributed by atoms with E-state index < -0.39 is 0 Å². The van der Waals surface area contributed by atoms with E-state index in [1.165, 1.54) is 29.8 Å². The second kappa shape index (κ2) is 10.5. The number of nitrogens with one attached hydrogen (secondary N) is 1. The number of carbonyl (C=O) groups is 1. The van der Waals surface area contributed by atoms with Gasteiger partial charge in [-0.1, -0.05) is 35.6 Å². The second-order valence-electron chi connectivity index (χ2n) is 8.38. The number of amides is 1. The Hall–Kier alpha value is -3.67. The standard InChI is InChI=1S/C27H22ClFN4O2S/c1-17(34)33-11-3-6-21(33)8-9-22-14-24-26(36-22)27(31-16-30-24)32-20-7-10-25(23(28)13-20)35-15-18-4-2-5-19(29)12-18/h2,4-5,7,10,12-14,16,21H,3,6,11,15H2,1H3,(H,30,31,32). The first-order valence-corrected chi connectivity index (χ1v) is 12.6. The van der Waals surface area contributed by atoms with Crippen molar-refractivity contribution in [3.05, 3.63) is 76.1 Å². The number of thiophene rings is 1. The van der Waals surface area contributed by atoms with Crippen LogP contribution in [0.3, 0.4) is 0 Å². The van der Waals surface area contributed by atoms with Gasteiger partial charge in [-0.2, -0.15) is 0 Å². The number of anilines is 2. The number of halogens is 2. The molecule has 36 heavy (non-hydrogen) atoms. The molecule has 1 amide bonds. The van der Waals surface area contributed by atoms with Gasteiger partial charge in [0, 0.05) is 19.2 Å². The summed E-state index contributed by atoms with van der Waals surface area (Å²) in [7, 11) is 0. The molecule has 0 spiro atoms. The van der Waals surface area contributed by atoms with Crippen molar-refractivity contribution in [2.75, 3.05) is 11.9 Å². The molecule has 9 heteroatoms. The fourth-order valence-corrected chi connectivity index (χ4v) is 5.23. The molecule has 2 aromatic heterocycles. The molecule has 4 aromatic rings. The van der Waals surface area contributed by atoms with Gasteiger partial charge in [0.15, 0.2) is 5.82 Å². The van der Waals surface area contributed by atoms with E-state index >= 15 is 0 Å². The predicted octanol–water partition coefficient (Wildman–Crippen LogP) is 6.17. The van der Waals surface area contributed by atoms with Crippen LogP contribution in [0.4, 0.5) is 15.9 Å². The zero-order valence-electron chi connectivity index (χ0n) is 19.4. The lowest BCUT2D eigenvalue weighted by molar-refractivity contribution is -0.128. The van der Waals surface area contributed by atoms with Crippen LogP contribution in [0.2, 0.25) is 5.02 Å². The molecule has 1 atom stereocenters. The molecule has 1 saturated heterocycles. The van der Waals surface area contributed by atoms with Gasteiger partial charge in [0.2, 0.25) is 5.91 Å². The van der Waals surface area contributed by atoms with Crippen molar-refractivity contribution in [2.24, 2.45) is 0 Å². The number of nitrogens with zero attached hydrogens (tertiary/aromatic N) is 3. The average molecular weight is 521 g/mol. The van der Waals surface area contributed by atoms with Gasteiger partial charge in [0.25, 0.3) is 0 Å². The molecular formula is C27H22ClFN4O2S. The van der Waals surface area contributed by atoms with Crippen LogP contribution in [-0.4, -0.2) is 33.4 Å². The number of fused-ring (bicyclic) bond motifs is 1. The van der Waals surface area contributed by atoms with E-state index in [0.717, 1.165) is 45.7 Å². The SMILES string of the molecule is CC(=O)N1CCCC1C#Cc1cc2ncnc(Nc3ccc(OCc4cccc(F)c4)c(Cl)c3)c2s1. The highest BCUT2D eigenvalue weighted by Gasteiger charge is 2.24. The molecule has 182 valence electrons. The Kier molecular flexibility index (Phi) is 7.03. The molecule has 3 heterocycles. The molecule has 0 saturated carbocycles. The Morgan fingerprint density at radius 3 is 2.97 bits per heavy atom. The number of ether oxygens (including phenoxy) is 1. The third-order valence-electron chi connectivity index (χ3n) is 5.81. The van der Waals surface area contributed by atoms with Gasteiger partial charge < -0.3 is 15.0 Å². The molecule has 5 rings (SSSR count). The Bertz CT molecular complexity index is 1500. The zero-order chi connectivity index (χ0) is 25.1. The van der Waals surface area contributed by atoms with Gasteiger partial charge in [0.1, 0.15) is 24.5 Å². The Morgan fingerprint density at radius 2 is 2.17 bits per heavy atom. The molecule has 1 unspecified atom stereocenters. The van der Waals surface area contributed by atoms with Crippen molar-refractivity contribution < 1.29 is 13.9 Å². The van der Waals surface area contributed by atoms with Crippen molar-refractivity contribution in [1.29, 1.82) is 0 Å². The largest absolute Gasteiger partial charge is 0.487 e. The summed E-state index contributed by atoms with van der Waals surface area (Å²) in [4.78, 5) is 23.2. The Morgan fingerprint density at radius 1 is 1.28 bits per heavy atom. The first-order chi connectivity index (χ1) is 17.5. The van der Waals surface area contributed by atoms with Crippen molar-refractivity contribution in [1.82, 2.24) is 14.9 Å². The van der Waals surface area contributed by atoms with Crippen LogP contribution in [0.15, 0.2) is 54.9 Å². The summed E-state index contributed by atoms with van der Waals surface area (Å²) in [6, 6.07) is 13.5. The van der Waals surface area contributed by atoms with Gasteiger partial charge in [0.05, 0.1) is 26.2 Å². The molecule has 6 nitrogen and oxygen atoms in total. The molecule has 0 radical (unpaired) electrons. The highest BCUT2D eigenvalue weighted by Crippen LogP contribution is 2.33. The highest BCUT2D eigenvalue weighted by molar-refractivity contribution is 7.20. The van der Waals surface area contributed by atoms with Crippen LogP contribution < -0.4 is 10.1 Å². The smallest absolute Gasteiger partial charge is 0.220 e. The Labute approximate surface area is 217 Å². The van der Waals surface area contributed by atoms with E-state index in [9.17, 15) is 9.18 Å². The fraction of sp³-hybridized carbons (Fsp3) is 0.222. The number of likely N-dealkylation sites (tertiary alicyclic amines) is 1. The summed E-state index contributed by atoms with van der Waals surface area (Å²) in [6.07, 6.45) is 3.37. The average Bonchev–Trinajstić information content (AvgIpc) is 3.50. The van der Waals surface area contributed by atoms with Crippen molar-refractivity contribution in [3.8, 4) is 17.6 Å². The molecule has 0 bridgehead atoms. The van der Waals surface area contributed by atoms with E-state index in [2.05, 4.69) is 27.1 Å². The molecular weight excluding hydrogens is 499 g/mol. The molecule has 1 fully saturated rings. The lowest BCUT2D eigenvalue weighted by Crippen LogP contribution is -2.32. The van der Waals surface area contributed by atoms with Gasteiger partial charge >= 0.3 is 0 Å². The summed E-state index contributed by atoms with van der Waals surface area (Å²) in [5.74, 6) is 7.36. The van der Waals surface area contributed by atoms with E-state index in [0.29, 0.717) is 16.6 Å². The summed E-state index contributed by atoms with van der Waals surface area (Å²) in [5, 5.41) is 3.72. The summed E-state index contributed by atoms with van der Waals surface area (Å²) in [5.41, 5.74) is 2.25. The molecule has 1 N–H and O–H groups in total. The van der Waals surface area contributed by atoms with E-state index in [4.69, 9.17) is 16.3 Å². The number of carbonyl (C=O) groups excluding carboxylic acids is 1. The first-order valence-electron chi connectivity index (χ1n) is 11.4. The van der Waals surface area contributed by atoms with E-state index in [1.54, 1.807) is 31.2 Å². The van der Waals surface area contributed by atoms with Gasteiger partial charge in [-0.15, -0.1) is 11.3 Å². The minimum Gasteiger partial charge on any atom is -0.487 e. The summed E-state index contributed by atoms with van der Waals surface area (Å²) < 4.78 is 20.0. The number of hydrogen-bond donors (Lipinski definition) is 1. The monoisotopic (exact) mass is 520 g/mol. The maximum atomic E-state index is 13.4. The maximum Gasteiger partial charge on any atom is 0.220 e. The topological polar surface area (TPSA) is 67.4 Å². The lowest BCUT2D eigenvalue weighted by Gasteiger charge is -2.17. The van der Waals surface area contributed by atoms with Gasteiger partial charge in [-0.3, -0.25) is 4.79 Å². The van der Waals surface area contributed by atoms with E-state index in [-0.39, 0.29) is 24.4 Å². The first kappa shape index (κ1) is 24.0. The maximum absolute atomic E-state index is 13.4. The number of hydrogen-bond acceptors (Lipinski definition) is 6. The Balaban J connectivity index is 1.31. The summed E-state index contributed by atoms with van der Waals surface area (Å²) >= 11 is 7.93. The van der Waals surface area contributed by atoms with Crippen molar-refractivity contribution >= 4 is 50.6 Å². The fourth-order valence-electron chi connectivity index (χ4n) is 4.07. The van der Waals surface area contributed by atoms with Crippen molar-refractivity contribution in [2.45, 2.75) is 32.4 Å². The minimum absolute atomic E-state index is 0.0415. The van der Waals surface area contributed by atoms with E-state index in [1.807, 2.05) is 17.0 Å². The quantitative estimate of drug-likeness (QED) is 0.319. The summed E-state index contributed by atoms with van der Waals surface area (Å²) in [6.45, 7) is 2.56. The van der Waals surface area contributed by atoms with Crippen LogP contribution in [0, 0.1) is 17.7 Å². The van der Waals surface area contributed by atoms with Crippen LogP contribution in [-0.2, 0) is 11.4 Å². The highest BCUT2D eigenvalue weighted by atomic mass is 35.5. The van der Waals surface area contributed by atoms with Crippen LogP contribution in [0.5, 0.6) is 5.75 Å². The van der Waals surface area contributed by atoms with Crippen LogP contribution in [0.25, 0.3) is 10.2 Å². The van der Waals surface area contributed by atoms with Crippen LogP contribution in [0.1, 0.15) is 30.2 Å². The normalized spacial score (nSPS) is 15.0. The predicted molar refractivity (Wildman–Crippen MR) is 140 cm³/mol. The number of rotatable bonds is 5.